The molecule has 2 rings (SSSR count). The van der Waals surface area contributed by atoms with Crippen LogP contribution in [-0.2, 0) is 9.47 Å². The van der Waals surface area contributed by atoms with Crippen molar-refractivity contribution in [2.75, 3.05) is 26.4 Å². The van der Waals surface area contributed by atoms with Gasteiger partial charge in [-0.25, -0.2) is 0 Å². The van der Waals surface area contributed by atoms with Crippen LogP contribution in [0.5, 0.6) is 0 Å². The van der Waals surface area contributed by atoms with Crippen molar-refractivity contribution in [3.63, 3.8) is 0 Å². The molecule has 0 aromatic carbocycles. The molecule has 15 heavy (non-hydrogen) atoms. The van der Waals surface area contributed by atoms with E-state index in [4.69, 9.17) is 9.47 Å². The third-order valence-electron chi connectivity index (χ3n) is 3.63. The fraction of sp³-hybridized carbons (Fsp3) is 1.00. The van der Waals surface area contributed by atoms with Gasteiger partial charge in [-0.3, -0.25) is 0 Å². The lowest BCUT2D eigenvalue weighted by Gasteiger charge is -2.36. The summed E-state index contributed by atoms with van der Waals surface area (Å²) in [4.78, 5) is 0. The Morgan fingerprint density at radius 3 is 2.67 bits per heavy atom. The molecule has 0 radical (unpaired) electrons. The van der Waals surface area contributed by atoms with E-state index in [9.17, 15) is 0 Å². The van der Waals surface area contributed by atoms with Crippen molar-refractivity contribution in [1.82, 2.24) is 5.32 Å². The highest BCUT2D eigenvalue weighted by Gasteiger charge is 2.27. The summed E-state index contributed by atoms with van der Waals surface area (Å²) in [6, 6.07) is 0. The molecule has 2 heterocycles. The normalized spacial score (nSPS) is 31.4. The number of hydrogen-bond acceptors (Lipinski definition) is 3. The van der Waals surface area contributed by atoms with Crippen molar-refractivity contribution in [3.8, 4) is 0 Å². The van der Waals surface area contributed by atoms with Crippen LogP contribution in [0.1, 0.15) is 39.0 Å². The lowest BCUT2D eigenvalue weighted by Crippen LogP contribution is -2.50. The Morgan fingerprint density at radius 1 is 1.20 bits per heavy atom. The molecule has 3 heteroatoms. The van der Waals surface area contributed by atoms with Gasteiger partial charge in [-0.15, -0.1) is 0 Å². The molecule has 0 saturated carbocycles. The van der Waals surface area contributed by atoms with Gasteiger partial charge in [0.15, 0.2) is 0 Å². The zero-order valence-corrected chi connectivity index (χ0v) is 9.76. The summed E-state index contributed by atoms with van der Waals surface area (Å²) in [6.45, 7) is 6.06. The van der Waals surface area contributed by atoms with Crippen LogP contribution in [0.25, 0.3) is 0 Å². The van der Waals surface area contributed by atoms with Crippen LogP contribution in [0.4, 0.5) is 0 Å². The summed E-state index contributed by atoms with van der Waals surface area (Å²) < 4.78 is 11.1. The molecule has 1 atom stereocenters. The van der Waals surface area contributed by atoms with E-state index in [0.29, 0.717) is 6.10 Å². The highest BCUT2D eigenvalue weighted by Crippen LogP contribution is 2.20. The molecular formula is C12H23NO2. The molecule has 0 aliphatic carbocycles. The summed E-state index contributed by atoms with van der Waals surface area (Å²) >= 11 is 0. The number of rotatable bonds is 3. The standard InChI is InChI=1S/C12H23NO2/c1-12(5-8-14-9-6-12)13-10-11-4-2-3-7-15-11/h11,13H,2-10H2,1H3. The van der Waals surface area contributed by atoms with Gasteiger partial charge in [0, 0.05) is 31.9 Å². The fourth-order valence-corrected chi connectivity index (χ4v) is 2.33. The molecule has 88 valence electrons. The zero-order chi connectivity index (χ0) is 10.6. The van der Waals surface area contributed by atoms with E-state index >= 15 is 0 Å². The largest absolute Gasteiger partial charge is 0.381 e. The van der Waals surface area contributed by atoms with Crippen molar-refractivity contribution in [2.24, 2.45) is 0 Å². The minimum Gasteiger partial charge on any atom is -0.381 e. The summed E-state index contributed by atoms with van der Waals surface area (Å²) in [5.41, 5.74) is 0.277. The van der Waals surface area contributed by atoms with E-state index in [1.54, 1.807) is 0 Å². The van der Waals surface area contributed by atoms with Crippen molar-refractivity contribution < 1.29 is 9.47 Å². The third-order valence-corrected chi connectivity index (χ3v) is 3.63. The monoisotopic (exact) mass is 213 g/mol. The fourth-order valence-electron chi connectivity index (χ4n) is 2.33. The summed E-state index contributed by atoms with van der Waals surface area (Å²) in [7, 11) is 0. The van der Waals surface area contributed by atoms with E-state index in [2.05, 4.69) is 12.2 Å². The van der Waals surface area contributed by atoms with Crippen LogP contribution in [0.2, 0.25) is 0 Å². The van der Waals surface area contributed by atoms with E-state index in [0.717, 1.165) is 39.2 Å². The Kier molecular flexibility index (Phi) is 4.00. The highest BCUT2D eigenvalue weighted by atomic mass is 16.5. The van der Waals surface area contributed by atoms with E-state index < -0.39 is 0 Å². The van der Waals surface area contributed by atoms with Crippen molar-refractivity contribution >= 4 is 0 Å². The van der Waals surface area contributed by atoms with Crippen molar-refractivity contribution in [2.45, 2.75) is 50.7 Å². The van der Waals surface area contributed by atoms with Crippen LogP contribution in [-0.4, -0.2) is 38.0 Å². The smallest absolute Gasteiger partial charge is 0.0699 e. The highest BCUT2D eigenvalue weighted by molar-refractivity contribution is 4.86. The Hall–Kier alpha value is -0.120. The molecule has 0 amide bonds. The lowest BCUT2D eigenvalue weighted by molar-refractivity contribution is 0.000357. The Morgan fingerprint density at radius 2 is 2.00 bits per heavy atom. The van der Waals surface area contributed by atoms with Crippen LogP contribution in [0.15, 0.2) is 0 Å². The van der Waals surface area contributed by atoms with Crippen LogP contribution in [0.3, 0.4) is 0 Å². The molecule has 0 spiro atoms. The average Bonchev–Trinajstić information content (AvgIpc) is 2.29. The summed E-state index contributed by atoms with van der Waals surface area (Å²) in [5, 5.41) is 3.66. The van der Waals surface area contributed by atoms with E-state index in [1.165, 1.54) is 19.3 Å². The predicted molar refractivity (Wildman–Crippen MR) is 60.1 cm³/mol. The van der Waals surface area contributed by atoms with E-state index in [-0.39, 0.29) is 5.54 Å². The van der Waals surface area contributed by atoms with Crippen LogP contribution >= 0.6 is 0 Å². The third kappa shape index (κ3) is 3.44. The van der Waals surface area contributed by atoms with Crippen LogP contribution < -0.4 is 5.32 Å². The van der Waals surface area contributed by atoms with Gasteiger partial charge in [-0.2, -0.15) is 0 Å². The molecule has 3 nitrogen and oxygen atoms in total. The molecule has 2 aliphatic rings. The Balaban J connectivity index is 1.70. The maximum atomic E-state index is 5.72. The maximum absolute atomic E-state index is 5.72. The average molecular weight is 213 g/mol. The Labute approximate surface area is 92.5 Å². The molecule has 1 unspecified atom stereocenters. The van der Waals surface area contributed by atoms with Crippen LogP contribution in [0, 0.1) is 0 Å². The number of ether oxygens (including phenoxy) is 2. The first-order valence-electron chi connectivity index (χ1n) is 6.23. The molecule has 0 aromatic rings. The number of nitrogens with one attached hydrogen (secondary N) is 1. The van der Waals surface area contributed by atoms with E-state index in [1.807, 2.05) is 0 Å². The van der Waals surface area contributed by atoms with Gasteiger partial charge in [0.25, 0.3) is 0 Å². The Bertz CT molecular complexity index is 184. The zero-order valence-electron chi connectivity index (χ0n) is 9.76. The molecular weight excluding hydrogens is 190 g/mol. The second kappa shape index (κ2) is 5.28. The van der Waals surface area contributed by atoms with Gasteiger partial charge < -0.3 is 14.8 Å². The minimum atomic E-state index is 0.277. The van der Waals surface area contributed by atoms with Crippen molar-refractivity contribution in [1.29, 1.82) is 0 Å². The molecule has 0 aromatic heterocycles. The summed E-state index contributed by atoms with van der Waals surface area (Å²) in [5.74, 6) is 0. The SMILES string of the molecule is CC1(NCC2CCCCO2)CCOCC1. The quantitative estimate of drug-likeness (QED) is 0.774. The summed E-state index contributed by atoms with van der Waals surface area (Å²) in [6.07, 6.45) is 6.48. The molecule has 2 saturated heterocycles. The molecule has 1 N–H and O–H groups in total. The van der Waals surface area contributed by atoms with Gasteiger partial charge in [0.05, 0.1) is 6.10 Å². The van der Waals surface area contributed by atoms with Gasteiger partial charge >= 0.3 is 0 Å². The molecule has 0 bridgehead atoms. The maximum Gasteiger partial charge on any atom is 0.0699 e. The predicted octanol–water partition coefficient (Wildman–Crippen LogP) is 1.71. The van der Waals surface area contributed by atoms with Crippen molar-refractivity contribution in [3.05, 3.63) is 0 Å². The minimum absolute atomic E-state index is 0.277. The van der Waals surface area contributed by atoms with Gasteiger partial charge in [0.1, 0.15) is 0 Å². The van der Waals surface area contributed by atoms with Gasteiger partial charge in [-0.1, -0.05) is 0 Å². The topological polar surface area (TPSA) is 30.5 Å². The lowest BCUT2D eigenvalue weighted by atomic mass is 9.92. The first-order valence-corrected chi connectivity index (χ1v) is 6.23. The second-order valence-corrected chi connectivity index (χ2v) is 5.04. The first-order chi connectivity index (χ1) is 7.29. The molecule has 2 fully saturated rings. The number of hydrogen-bond donors (Lipinski definition) is 1. The second-order valence-electron chi connectivity index (χ2n) is 5.04. The molecule has 2 aliphatic heterocycles. The van der Waals surface area contributed by atoms with Gasteiger partial charge in [-0.05, 0) is 39.0 Å². The first kappa shape index (κ1) is 11.4. The van der Waals surface area contributed by atoms with Gasteiger partial charge in [0.2, 0.25) is 0 Å².